The maximum atomic E-state index is 14.5. The Morgan fingerprint density at radius 2 is 1.86 bits per heavy atom. The predicted molar refractivity (Wildman–Crippen MR) is 125 cm³/mol. The molecule has 2 saturated heterocycles. The largest absolute Gasteiger partial charge is 0.369 e. The van der Waals surface area contributed by atoms with E-state index in [1.54, 1.807) is 12.1 Å². The number of primary amides is 1. The number of nitrogens with two attached hydrogens (primary N) is 1. The van der Waals surface area contributed by atoms with E-state index in [1.165, 1.54) is 17.0 Å². The minimum absolute atomic E-state index is 0.169. The van der Waals surface area contributed by atoms with Crippen LogP contribution in [0.2, 0.25) is 0 Å². The van der Waals surface area contributed by atoms with Crippen molar-refractivity contribution in [2.24, 2.45) is 5.73 Å². The molecule has 2 aromatic carbocycles. The molecule has 1 unspecified atom stereocenters. The van der Waals surface area contributed by atoms with Crippen molar-refractivity contribution in [1.29, 1.82) is 0 Å². The Morgan fingerprint density at radius 3 is 2.57 bits per heavy atom. The third-order valence-electron chi connectivity index (χ3n) is 6.93. The summed E-state index contributed by atoms with van der Waals surface area (Å²) in [6, 6.07) is 9.19. The van der Waals surface area contributed by atoms with E-state index in [0.29, 0.717) is 36.4 Å². The van der Waals surface area contributed by atoms with Gasteiger partial charge in [-0.15, -0.1) is 0 Å². The number of carbonyl (C=O) groups excluding carboxylic acids is 4. The Bertz CT molecular complexity index is 1220. The highest BCUT2D eigenvalue weighted by molar-refractivity contribution is 6.06. The number of hydrogen-bond acceptors (Lipinski definition) is 6. The Hall–Kier alpha value is -3.79. The highest BCUT2D eigenvalue weighted by atomic mass is 19.1. The van der Waals surface area contributed by atoms with Gasteiger partial charge in [0.25, 0.3) is 5.91 Å². The number of benzene rings is 2. The van der Waals surface area contributed by atoms with Crippen LogP contribution >= 0.6 is 0 Å². The highest BCUT2D eigenvalue weighted by Gasteiger charge is 2.41. The quantitative estimate of drug-likeness (QED) is 0.619. The second kappa shape index (κ2) is 9.10. The number of fused-ring (bicyclic) bond motifs is 1. The van der Waals surface area contributed by atoms with Crippen LogP contribution < -0.4 is 16.0 Å². The van der Waals surface area contributed by atoms with Crippen LogP contribution in [0, 0.1) is 5.82 Å². The summed E-state index contributed by atoms with van der Waals surface area (Å²) in [4.78, 5) is 54.1. The van der Waals surface area contributed by atoms with Crippen molar-refractivity contribution in [3.05, 3.63) is 64.5 Å². The van der Waals surface area contributed by atoms with Crippen LogP contribution in [0.15, 0.2) is 36.4 Å². The minimum Gasteiger partial charge on any atom is -0.369 e. The molecule has 10 heteroatoms. The second-order valence-corrected chi connectivity index (χ2v) is 9.18. The van der Waals surface area contributed by atoms with E-state index in [2.05, 4.69) is 15.1 Å². The predicted octanol–water partition coefficient (Wildman–Crippen LogP) is 1.01. The van der Waals surface area contributed by atoms with Gasteiger partial charge in [0.15, 0.2) is 0 Å². The van der Waals surface area contributed by atoms with Crippen LogP contribution in [-0.2, 0) is 22.7 Å². The lowest BCUT2D eigenvalue weighted by molar-refractivity contribution is -0.136. The first-order chi connectivity index (χ1) is 16.8. The van der Waals surface area contributed by atoms with Gasteiger partial charge in [-0.25, -0.2) is 4.39 Å². The van der Waals surface area contributed by atoms with E-state index in [9.17, 15) is 23.6 Å². The molecular formula is C25H26FN5O4. The van der Waals surface area contributed by atoms with Gasteiger partial charge in [-0.2, -0.15) is 0 Å². The van der Waals surface area contributed by atoms with Gasteiger partial charge in [-0.05, 0) is 36.2 Å². The van der Waals surface area contributed by atoms with Crippen LogP contribution in [0.4, 0.5) is 10.1 Å². The summed E-state index contributed by atoms with van der Waals surface area (Å²) in [6.45, 7) is 3.58. The van der Waals surface area contributed by atoms with Crippen molar-refractivity contribution < 1.29 is 23.6 Å². The lowest BCUT2D eigenvalue weighted by atomic mass is 10.0. The average Bonchev–Trinajstić information content (AvgIpc) is 3.15. The zero-order chi connectivity index (χ0) is 24.7. The van der Waals surface area contributed by atoms with Crippen molar-refractivity contribution in [2.45, 2.75) is 32.0 Å². The smallest absolute Gasteiger partial charge is 0.255 e. The van der Waals surface area contributed by atoms with Gasteiger partial charge >= 0.3 is 0 Å². The molecule has 3 aliphatic rings. The molecule has 0 saturated carbocycles. The average molecular weight is 480 g/mol. The monoisotopic (exact) mass is 479 g/mol. The van der Waals surface area contributed by atoms with E-state index >= 15 is 0 Å². The fraction of sp³-hybridized carbons (Fsp3) is 0.360. The molecule has 0 spiro atoms. The van der Waals surface area contributed by atoms with Gasteiger partial charge in [0.05, 0.1) is 0 Å². The maximum absolute atomic E-state index is 14.5. The summed E-state index contributed by atoms with van der Waals surface area (Å²) < 4.78 is 14.5. The zero-order valence-electron chi connectivity index (χ0n) is 19.1. The van der Waals surface area contributed by atoms with Gasteiger partial charge < -0.3 is 15.5 Å². The number of anilines is 1. The maximum Gasteiger partial charge on any atom is 0.255 e. The van der Waals surface area contributed by atoms with Crippen LogP contribution in [0.25, 0.3) is 0 Å². The van der Waals surface area contributed by atoms with E-state index in [4.69, 9.17) is 5.73 Å². The molecule has 0 radical (unpaired) electrons. The van der Waals surface area contributed by atoms with Gasteiger partial charge in [-0.1, -0.05) is 12.1 Å². The molecule has 3 N–H and O–H groups in total. The number of nitrogens with one attached hydrogen (secondary N) is 1. The molecule has 182 valence electrons. The van der Waals surface area contributed by atoms with Crippen molar-refractivity contribution in [1.82, 2.24) is 15.1 Å². The summed E-state index contributed by atoms with van der Waals surface area (Å²) >= 11 is 0. The lowest BCUT2D eigenvalue weighted by Crippen LogP contribution is -2.52. The van der Waals surface area contributed by atoms with E-state index in [0.717, 1.165) is 18.7 Å². The molecule has 3 aliphatic heterocycles. The topological polar surface area (TPSA) is 116 Å². The Labute approximate surface area is 201 Å². The number of piperazine rings is 1. The first-order valence-corrected chi connectivity index (χ1v) is 11.6. The third-order valence-corrected chi connectivity index (χ3v) is 6.93. The SMILES string of the molecule is NC(=O)c1cccc(CN2CCN(c3cc(F)cc4c3CN(C3CCC(=O)NC3=O)C4=O)CC2)c1. The fourth-order valence-electron chi connectivity index (χ4n) is 5.12. The number of amides is 4. The van der Waals surface area contributed by atoms with Gasteiger partial charge in [-0.3, -0.25) is 29.4 Å². The van der Waals surface area contributed by atoms with Gasteiger partial charge in [0, 0.05) is 68.1 Å². The Kier molecular flexibility index (Phi) is 5.98. The van der Waals surface area contributed by atoms with Gasteiger partial charge in [0.1, 0.15) is 11.9 Å². The van der Waals surface area contributed by atoms with E-state index in [1.807, 2.05) is 12.1 Å². The first kappa shape index (κ1) is 23.0. The van der Waals surface area contributed by atoms with Gasteiger partial charge in [0.2, 0.25) is 17.7 Å². The summed E-state index contributed by atoms with van der Waals surface area (Å²) in [5, 5.41) is 2.29. The summed E-state index contributed by atoms with van der Waals surface area (Å²) in [5.41, 5.74) is 8.50. The van der Waals surface area contributed by atoms with Crippen LogP contribution in [-0.4, -0.2) is 65.6 Å². The molecule has 0 aromatic heterocycles. The number of nitrogens with zero attached hydrogens (tertiary/aromatic N) is 3. The molecule has 35 heavy (non-hydrogen) atoms. The van der Waals surface area contributed by atoms with Crippen molar-refractivity contribution in [2.75, 3.05) is 31.1 Å². The molecule has 5 rings (SSSR count). The summed E-state index contributed by atoms with van der Waals surface area (Å²) in [5.74, 6) is -2.18. The highest BCUT2D eigenvalue weighted by Crippen LogP contribution is 2.35. The standard InChI is InChI=1S/C25H26FN5O4/c26-17-11-18-19(14-31(25(18)35)20-4-5-22(32)28-24(20)34)21(12-17)30-8-6-29(7-9-30)13-15-2-1-3-16(10-15)23(27)33/h1-3,10-12,20H,4-9,13-14H2,(H2,27,33)(H,28,32,34). The van der Waals surface area contributed by atoms with Crippen molar-refractivity contribution in [3.8, 4) is 0 Å². The first-order valence-electron chi connectivity index (χ1n) is 11.6. The molecule has 4 amide bonds. The third kappa shape index (κ3) is 4.49. The molecule has 3 heterocycles. The van der Waals surface area contributed by atoms with E-state index < -0.39 is 23.7 Å². The fourth-order valence-corrected chi connectivity index (χ4v) is 5.12. The van der Waals surface area contributed by atoms with Crippen LogP contribution in [0.3, 0.4) is 0 Å². The molecule has 0 aliphatic carbocycles. The molecule has 2 fully saturated rings. The Balaban J connectivity index is 1.30. The van der Waals surface area contributed by atoms with Crippen molar-refractivity contribution in [3.63, 3.8) is 0 Å². The van der Waals surface area contributed by atoms with E-state index in [-0.39, 0.29) is 36.8 Å². The van der Waals surface area contributed by atoms with Crippen LogP contribution in [0.1, 0.15) is 44.7 Å². The molecule has 1 atom stereocenters. The number of hydrogen-bond donors (Lipinski definition) is 2. The molecule has 2 aromatic rings. The lowest BCUT2D eigenvalue weighted by Gasteiger charge is -2.37. The van der Waals surface area contributed by atoms with Crippen LogP contribution in [0.5, 0.6) is 0 Å². The van der Waals surface area contributed by atoms with Crippen molar-refractivity contribution >= 4 is 29.3 Å². The minimum atomic E-state index is -0.739. The zero-order valence-corrected chi connectivity index (χ0v) is 19.1. The second-order valence-electron chi connectivity index (χ2n) is 9.18. The number of rotatable bonds is 5. The number of halogens is 1. The number of piperidine rings is 1. The molecule has 0 bridgehead atoms. The molecular weight excluding hydrogens is 453 g/mol. The number of carbonyl (C=O) groups is 4. The number of imide groups is 1. The summed E-state index contributed by atoms with van der Waals surface area (Å²) in [6.07, 6.45) is 0.430. The normalized spacial score (nSPS) is 20.7. The summed E-state index contributed by atoms with van der Waals surface area (Å²) in [7, 11) is 0. The molecule has 9 nitrogen and oxygen atoms in total. The Morgan fingerprint density at radius 1 is 1.09 bits per heavy atom.